The van der Waals surface area contributed by atoms with Crippen LogP contribution < -0.4 is 4.74 Å². The summed E-state index contributed by atoms with van der Waals surface area (Å²) >= 11 is 0. The van der Waals surface area contributed by atoms with Crippen LogP contribution in [0.2, 0.25) is 0 Å². The second-order valence-electron chi connectivity index (χ2n) is 4.76. The highest BCUT2D eigenvalue weighted by Gasteiger charge is 2.09. The lowest BCUT2D eigenvalue weighted by atomic mass is 10.1. The van der Waals surface area contributed by atoms with E-state index in [1.807, 2.05) is 19.9 Å². The zero-order valence-corrected chi connectivity index (χ0v) is 11.8. The van der Waals surface area contributed by atoms with E-state index >= 15 is 0 Å². The van der Waals surface area contributed by atoms with Gasteiger partial charge in [-0.1, -0.05) is 0 Å². The molecule has 0 radical (unpaired) electrons. The Bertz CT molecular complexity index is 746. The highest BCUT2D eigenvalue weighted by atomic mass is 19.1. The molecule has 2 rings (SSSR count). The molecule has 0 bridgehead atoms. The molecule has 4 heteroatoms. The van der Waals surface area contributed by atoms with Crippen molar-refractivity contribution in [1.82, 2.24) is 0 Å². The van der Waals surface area contributed by atoms with Gasteiger partial charge in [0.1, 0.15) is 18.2 Å². The van der Waals surface area contributed by atoms with Crippen LogP contribution in [0.25, 0.3) is 0 Å². The number of halogens is 1. The van der Waals surface area contributed by atoms with Crippen molar-refractivity contribution >= 4 is 0 Å². The van der Waals surface area contributed by atoms with Gasteiger partial charge in [-0.2, -0.15) is 10.5 Å². The fourth-order valence-corrected chi connectivity index (χ4v) is 2.15. The van der Waals surface area contributed by atoms with Crippen molar-refractivity contribution in [3.8, 4) is 17.9 Å². The molecule has 0 atom stereocenters. The SMILES string of the molecule is Cc1cc(C#N)cc(C)c1OCc1cc(C#N)ccc1F. The number of nitrogens with zero attached hydrogens (tertiary/aromatic N) is 2. The molecule has 0 amide bonds. The van der Waals surface area contributed by atoms with Crippen molar-refractivity contribution in [2.24, 2.45) is 0 Å². The van der Waals surface area contributed by atoms with Gasteiger partial charge in [-0.05, 0) is 55.3 Å². The maximum atomic E-state index is 13.7. The first-order chi connectivity index (χ1) is 10.0. The lowest BCUT2D eigenvalue weighted by Crippen LogP contribution is -2.02. The summed E-state index contributed by atoms with van der Waals surface area (Å²) in [4.78, 5) is 0. The minimum absolute atomic E-state index is 0.0366. The maximum Gasteiger partial charge on any atom is 0.129 e. The van der Waals surface area contributed by atoms with E-state index in [9.17, 15) is 4.39 Å². The van der Waals surface area contributed by atoms with Crippen molar-refractivity contribution in [3.05, 3.63) is 64.0 Å². The van der Waals surface area contributed by atoms with Crippen LogP contribution in [0.1, 0.15) is 27.8 Å². The predicted molar refractivity (Wildman–Crippen MR) is 76.1 cm³/mol. The zero-order chi connectivity index (χ0) is 15.4. The minimum Gasteiger partial charge on any atom is -0.488 e. The number of hydrogen-bond acceptors (Lipinski definition) is 3. The molecule has 2 aromatic carbocycles. The molecule has 21 heavy (non-hydrogen) atoms. The fourth-order valence-electron chi connectivity index (χ4n) is 2.15. The van der Waals surface area contributed by atoms with Gasteiger partial charge in [0, 0.05) is 5.56 Å². The highest BCUT2D eigenvalue weighted by molar-refractivity contribution is 5.47. The molecule has 0 aliphatic heterocycles. The van der Waals surface area contributed by atoms with E-state index in [4.69, 9.17) is 15.3 Å². The van der Waals surface area contributed by atoms with Crippen molar-refractivity contribution in [3.63, 3.8) is 0 Å². The summed E-state index contributed by atoms with van der Waals surface area (Å²) in [5.74, 6) is 0.230. The van der Waals surface area contributed by atoms with E-state index in [2.05, 4.69) is 6.07 Å². The monoisotopic (exact) mass is 280 g/mol. The highest BCUT2D eigenvalue weighted by Crippen LogP contribution is 2.26. The number of aryl methyl sites for hydroxylation is 2. The lowest BCUT2D eigenvalue weighted by molar-refractivity contribution is 0.295. The van der Waals surface area contributed by atoms with Crippen LogP contribution in [0.3, 0.4) is 0 Å². The van der Waals surface area contributed by atoms with Crippen molar-refractivity contribution in [2.75, 3.05) is 0 Å². The van der Waals surface area contributed by atoms with Gasteiger partial charge in [0.15, 0.2) is 0 Å². The number of nitriles is 2. The van der Waals surface area contributed by atoms with Gasteiger partial charge >= 0.3 is 0 Å². The Morgan fingerprint density at radius 2 is 1.62 bits per heavy atom. The molecule has 0 spiro atoms. The van der Waals surface area contributed by atoms with Crippen LogP contribution in [0.5, 0.6) is 5.75 Å². The van der Waals surface area contributed by atoms with Crippen LogP contribution in [0.15, 0.2) is 30.3 Å². The molecule has 0 unspecified atom stereocenters. The molecular weight excluding hydrogens is 267 g/mol. The van der Waals surface area contributed by atoms with Gasteiger partial charge < -0.3 is 4.74 Å². The van der Waals surface area contributed by atoms with Gasteiger partial charge in [0.05, 0.1) is 23.3 Å². The summed E-state index contributed by atoms with van der Waals surface area (Å²) < 4.78 is 19.4. The molecule has 0 saturated carbocycles. The van der Waals surface area contributed by atoms with Gasteiger partial charge in [0.25, 0.3) is 0 Å². The van der Waals surface area contributed by atoms with Gasteiger partial charge in [-0.15, -0.1) is 0 Å². The van der Waals surface area contributed by atoms with E-state index in [1.54, 1.807) is 12.1 Å². The van der Waals surface area contributed by atoms with Crippen LogP contribution >= 0.6 is 0 Å². The largest absolute Gasteiger partial charge is 0.488 e. The Morgan fingerprint density at radius 1 is 1.00 bits per heavy atom. The molecule has 2 aromatic rings. The van der Waals surface area contributed by atoms with Gasteiger partial charge in [0.2, 0.25) is 0 Å². The molecule has 0 fully saturated rings. The van der Waals surface area contributed by atoms with Crippen molar-refractivity contribution in [2.45, 2.75) is 20.5 Å². The molecule has 0 aromatic heterocycles. The van der Waals surface area contributed by atoms with E-state index in [0.29, 0.717) is 22.4 Å². The third-order valence-electron chi connectivity index (χ3n) is 3.14. The summed E-state index contributed by atoms with van der Waals surface area (Å²) in [6.07, 6.45) is 0. The second-order valence-corrected chi connectivity index (χ2v) is 4.76. The Morgan fingerprint density at radius 3 is 2.19 bits per heavy atom. The summed E-state index contributed by atoms with van der Waals surface area (Å²) in [6.45, 7) is 3.71. The Balaban J connectivity index is 2.25. The topological polar surface area (TPSA) is 56.8 Å². The van der Waals surface area contributed by atoms with Crippen LogP contribution in [0, 0.1) is 42.3 Å². The number of ether oxygens (including phenoxy) is 1. The van der Waals surface area contributed by atoms with E-state index < -0.39 is 5.82 Å². The Kier molecular flexibility index (Phi) is 4.21. The third kappa shape index (κ3) is 3.19. The average Bonchev–Trinajstić information content (AvgIpc) is 2.47. The standard InChI is InChI=1S/C17H13FN2O/c1-11-5-14(9-20)6-12(2)17(11)21-10-15-7-13(8-19)3-4-16(15)18/h3-7H,10H2,1-2H3. The van der Waals surface area contributed by atoms with Crippen molar-refractivity contribution in [1.29, 1.82) is 10.5 Å². The normalized spacial score (nSPS) is 9.76. The summed E-state index contributed by atoms with van der Waals surface area (Å²) in [5.41, 5.74) is 2.93. The van der Waals surface area contributed by atoms with Crippen molar-refractivity contribution < 1.29 is 9.13 Å². The molecule has 0 N–H and O–H groups in total. The number of hydrogen-bond donors (Lipinski definition) is 0. The fraction of sp³-hybridized carbons (Fsp3) is 0.176. The number of rotatable bonds is 3. The molecule has 104 valence electrons. The van der Waals surface area contributed by atoms with E-state index in [0.717, 1.165) is 11.1 Å². The molecule has 3 nitrogen and oxygen atoms in total. The third-order valence-corrected chi connectivity index (χ3v) is 3.14. The molecule has 0 aliphatic rings. The first-order valence-corrected chi connectivity index (χ1v) is 6.38. The van der Waals surface area contributed by atoms with Gasteiger partial charge in [-0.25, -0.2) is 4.39 Å². The van der Waals surface area contributed by atoms with E-state index in [1.165, 1.54) is 18.2 Å². The van der Waals surface area contributed by atoms with Crippen LogP contribution in [-0.4, -0.2) is 0 Å². The summed E-state index contributed by atoms with van der Waals surface area (Å²) in [7, 11) is 0. The summed E-state index contributed by atoms with van der Waals surface area (Å²) in [5, 5.41) is 17.7. The maximum absolute atomic E-state index is 13.7. The van der Waals surface area contributed by atoms with E-state index in [-0.39, 0.29) is 6.61 Å². The lowest BCUT2D eigenvalue weighted by Gasteiger charge is -2.13. The molecule has 0 heterocycles. The first-order valence-electron chi connectivity index (χ1n) is 6.38. The predicted octanol–water partition coefficient (Wildman–Crippen LogP) is 3.76. The first kappa shape index (κ1) is 14.6. The van der Waals surface area contributed by atoms with Gasteiger partial charge in [-0.3, -0.25) is 0 Å². The average molecular weight is 280 g/mol. The Hall–Kier alpha value is -2.85. The molecule has 0 aliphatic carbocycles. The minimum atomic E-state index is -0.405. The van der Waals surface area contributed by atoms with Crippen LogP contribution in [0.4, 0.5) is 4.39 Å². The smallest absolute Gasteiger partial charge is 0.129 e. The summed E-state index contributed by atoms with van der Waals surface area (Å²) in [6, 6.07) is 11.7. The Labute approximate surface area is 122 Å². The quantitative estimate of drug-likeness (QED) is 0.860. The molecular formula is C17H13FN2O. The zero-order valence-electron chi connectivity index (χ0n) is 11.8. The second kappa shape index (κ2) is 6.07. The van der Waals surface area contributed by atoms with Crippen LogP contribution in [-0.2, 0) is 6.61 Å². The molecule has 0 saturated heterocycles. The number of benzene rings is 2.